The van der Waals surface area contributed by atoms with E-state index >= 15 is 0 Å². The minimum atomic E-state index is -0.400. The van der Waals surface area contributed by atoms with Gasteiger partial charge in [-0.25, -0.2) is 4.98 Å². The molecule has 0 aliphatic heterocycles. The topological polar surface area (TPSA) is 59.1 Å². The SMILES string of the molecule is NC1(CO)CCCC(Sc2ccc(Cl)cn2)C1. The molecule has 0 amide bonds. The Morgan fingerprint density at radius 2 is 2.41 bits per heavy atom. The van der Waals surface area contributed by atoms with E-state index in [2.05, 4.69) is 4.98 Å². The smallest absolute Gasteiger partial charge is 0.0963 e. The molecule has 0 spiro atoms. The molecule has 1 aromatic heterocycles. The maximum Gasteiger partial charge on any atom is 0.0963 e. The van der Waals surface area contributed by atoms with Crippen LogP contribution in [0, 0.1) is 0 Å². The zero-order valence-corrected chi connectivity index (χ0v) is 11.2. The summed E-state index contributed by atoms with van der Waals surface area (Å²) in [4.78, 5) is 4.27. The van der Waals surface area contributed by atoms with Crippen LogP contribution < -0.4 is 5.73 Å². The van der Waals surface area contributed by atoms with Gasteiger partial charge in [-0.05, 0) is 31.4 Å². The first-order valence-corrected chi connectivity index (χ1v) is 7.05. The lowest BCUT2D eigenvalue weighted by Gasteiger charge is -2.36. The summed E-state index contributed by atoms with van der Waals surface area (Å²) in [6.45, 7) is 0.0676. The summed E-state index contributed by atoms with van der Waals surface area (Å²) in [7, 11) is 0. The van der Waals surface area contributed by atoms with Gasteiger partial charge in [-0.2, -0.15) is 0 Å². The Morgan fingerprint density at radius 1 is 1.59 bits per heavy atom. The van der Waals surface area contributed by atoms with Crippen molar-refractivity contribution >= 4 is 23.4 Å². The summed E-state index contributed by atoms with van der Waals surface area (Å²) >= 11 is 7.53. The molecule has 17 heavy (non-hydrogen) atoms. The molecule has 2 rings (SSSR count). The lowest BCUT2D eigenvalue weighted by atomic mass is 9.83. The van der Waals surface area contributed by atoms with Crippen molar-refractivity contribution < 1.29 is 5.11 Å². The van der Waals surface area contributed by atoms with Crippen LogP contribution in [0.15, 0.2) is 23.4 Å². The van der Waals surface area contributed by atoms with Crippen LogP contribution in [0.25, 0.3) is 0 Å². The van der Waals surface area contributed by atoms with Gasteiger partial charge in [0, 0.05) is 17.0 Å². The minimum Gasteiger partial charge on any atom is -0.394 e. The molecule has 0 aromatic carbocycles. The predicted molar refractivity (Wildman–Crippen MR) is 71.4 cm³/mol. The highest BCUT2D eigenvalue weighted by Gasteiger charge is 2.32. The van der Waals surface area contributed by atoms with E-state index in [1.807, 2.05) is 12.1 Å². The number of halogens is 1. The first-order chi connectivity index (χ1) is 8.11. The number of nitrogens with zero attached hydrogens (tertiary/aromatic N) is 1. The van der Waals surface area contributed by atoms with Crippen molar-refractivity contribution in [2.75, 3.05) is 6.61 Å². The normalized spacial score (nSPS) is 29.2. The van der Waals surface area contributed by atoms with E-state index in [1.165, 1.54) is 0 Å². The van der Waals surface area contributed by atoms with E-state index in [1.54, 1.807) is 18.0 Å². The number of pyridine rings is 1. The molecular formula is C12H17ClN2OS. The van der Waals surface area contributed by atoms with Crippen LogP contribution in [0.1, 0.15) is 25.7 Å². The van der Waals surface area contributed by atoms with E-state index < -0.39 is 5.54 Å². The highest BCUT2D eigenvalue weighted by Crippen LogP contribution is 2.36. The fraction of sp³-hybridized carbons (Fsp3) is 0.583. The molecule has 2 atom stereocenters. The van der Waals surface area contributed by atoms with E-state index in [9.17, 15) is 5.11 Å². The highest BCUT2D eigenvalue weighted by molar-refractivity contribution is 7.99. The van der Waals surface area contributed by atoms with Gasteiger partial charge in [0.05, 0.1) is 16.7 Å². The second kappa shape index (κ2) is 5.57. The molecule has 3 nitrogen and oxygen atoms in total. The Bertz CT molecular complexity index is 373. The molecule has 94 valence electrons. The number of aliphatic hydroxyl groups excluding tert-OH is 1. The number of thioether (sulfide) groups is 1. The van der Waals surface area contributed by atoms with Gasteiger partial charge >= 0.3 is 0 Å². The quantitative estimate of drug-likeness (QED) is 0.887. The van der Waals surface area contributed by atoms with Gasteiger partial charge in [-0.15, -0.1) is 11.8 Å². The average molecular weight is 273 g/mol. The monoisotopic (exact) mass is 272 g/mol. The van der Waals surface area contributed by atoms with Crippen molar-refractivity contribution in [3.8, 4) is 0 Å². The molecule has 5 heteroatoms. The Hall–Kier alpha value is -0.290. The van der Waals surface area contributed by atoms with Crippen molar-refractivity contribution in [1.82, 2.24) is 4.98 Å². The van der Waals surface area contributed by atoms with Crippen LogP contribution in [0.2, 0.25) is 5.02 Å². The summed E-state index contributed by atoms with van der Waals surface area (Å²) in [5.74, 6) is 0. The molecule has 1 aromatic rings. The fourth-order valence-electron chi connectivity index (χ4n) is 2.19. The Morgan fingerprint density at radius 3 is 3.06 bits per heavy atom. The van der Waals surface area contributed by atoms with E-state index in [4.69, 9.17) is 17.3 Å². The van der Waals surface area contributed by atoms with Gasteiger partial charge in [-0.3, -0.25) is 0 Å². The second-order valence-electron chi connectivity index (χ2n) is 4.67. The summed E-state index contributed by atoms with van der Waals surface area (Å²) in [6.07, 6.45) is 5.62. The summed E-state index contributed by atoms with van der Waals surface area (Å²) in [5.41, 5.74) is 5.72. The molecule has 1 saturated carbocycles. The standard InChI is InChI=1S/C12H17ClN2OS/c13-9-3-4-11(15-7-9)17-10-2-1-5-12(14,6-10)8-16/h3-4,7,10,16H,1-2,5-6,8,14H2. The Balaban J connectivity index is 1.97. The second-order valence-corrected chi connectivity index (χ2v) is 6.43. The van der Waals surface area contributed by atoms with Gasteiger partial charge in [-0.1, -0.05) is 18.0 Å². The molecule has 3 N–H and O–H groups in total. The predicted octanol–water partition coefficient (Wildman–Crippen LogP) is 2.46. The van der Waals surface area contributed by atoms with Crippen molar-refractivity contribution in [2.45, 2.75) is 41.5 Å². The number of hydrogen-bond acceptors (Lipinski definition) is 4. The highest BCUT2D eigenvalue weighted by atomic mass is 35.5. The van der Waals surface area contributed by atoms with Gasteiger partial charge in [0.15, 0.2) is 0 Å². The largest absolute Gasteiger partial charge is 0.394 e. The Labute approximate surface area is 111 Å². The number of hydrogen-bond donors (Lipinski definition) is 2. The first kappa shape index (κ1) is 13.1. The molecule has 1 fully saturated rings. The van der Waals surface area contributed by atoms with Crippen molar-refractivity contribution in [3.05, 3.63) is 23.4 Å². The molecular weight excluding hydrogens is 256 g/mol. The lowest BCUT2D eigenvalue weighted by Crippen LogP contribution is -2.48. The van der Waals surface area contributed by atoms with Crippen LogP contribution in [-0.4, -0.2) is 27.5 Å². The van der Waals surface area contributed by atoms with Crippen molar-refractivity contribution in [3.63, 3.8) is 0 Å². The summed E-state index contributed by atoms with van der Waals surface area (Å²) < 4.78 is 0. The average Bonchev–Trinajstić information content (AvgIpc) is 2.32. The van der Waals surface area contributed by atoms with Gasteiger partial charge < -0.3 is 10.8 Å². The van der Waals surface area contributed by atoms with Crippen LogP contribution in [0.5, 0.6) is 0 Å². The lowest BCUT2D eigenvalue weighted by molar-refractivity contribution is 0.159. The zero-order chi connectivity index (χ0) is 12.3. The van der Waals surface area contributed by atoms with E-state index in [0.29, 0.717) is 10.3 Å². The number of nitrogens with two attached hydrogens (primary N) is 1. The summed E-state index contributed by atoms with van der Waals surface area (Å²) in [5, 5.41) is 11.4. The molecule has 2 unspecified atom stereocenters. The third-order valence-corrected chi connectivity index (χ3v) is 4.58. The summed E-state index contributed by atoms with van der Waals surface area (Å²) in [6, 6.07) is 3.78. The van der Waals surface area contributed by atoms with Crippen LogP contribution >= 0.6 is 23.4 Å². The number of aliphatic hydroxyl groups is 1. The third kappa shape index (κ3) is 3.58. The van der Waals surface area contributed by atoms with Gasteiger partial charge in [0.1, 0.15) is 0 Å². The molecule has 0 saturated heterocycles. The van der Waals surface area contributed by atoms with Gasteiger partial charge in [0.2, 0.25) is 0 Å². The van der Waals surface area contributed by atoms with Crippen molar-refractivity contribution in [1.29, 1.82) is 0 Å². The van der Waals surface area contributed by atoms with Crippen molar-refractivity contribution in [2.24, 2.45) is 5.73 Å². The fourth-order valence-corrected chi connectivity index (χ4v) is 3.60. The van der Waals surface area contributed by atoms with Crippen LogP contribution in [0.4, 0.5) is 0 Å². The molecule has 1 aliphatic rings. The molecule has 0 radical (unpaired) electrons. The zero-order valence-electron chi connectivity index (χ0n) is 9.60. The van der Waals surface area contributed by atoms with Crippen LogP contribution in [0.3, 0.4) is 0 Å². The third-order valence-electron chi connectivity index (χ3n) is 3.14. The van der Waals surface area contributed by atoms with Crippen LogP contribution in [-0.2, 0) is 0 Å². The molecule has 1 aliphatic carbocycles. The first-order valence-electron chi connectivity index (χ1n) is 5.79. The maximum absolute atomic E-state index is 9.30. The molecule has 1 heterocycles. The minimum absolute atomic E-state index is 0.0676. The van der Waals surface area contributed by atoms with E-state index in [0.717, 1.165) is 30.7 Å². The maximum atomic E-state index is 9.30. The van der Waals surface area contributed by atoms with Gasteiger partial charge in [0.25, 0.3) is 0 Å². The number of aromatic nitrogens is 1. The number of rotatable bonds is 3. The van der Waals surface area contributed by atoms with E-state index in [-0.39, 0.29) is 6.61 Å². The molecule has 0 bridgehead atoms. The Kier molecular flexibility index (Phi) is 4.31.